The van der Waals surface area contributed by atoms with Crippen molar-refractivity contribution in [3.63, 3.8) is 0 Å². The quantitative estimate of drug-likeness (QED) is 0.259. The second-order valence-electron chi connectivity index (χ2n) is 5.27. The van der Waals surface area contributed by atoms with Crippen LogP contribution in [-0.4, -0.2) is 31.0 Å². The average Bonchev–Trinajstić information content (AvgIpc) is 2.68. The third-order valence-corrected chi connectivity index (χ3v) is 3.38. The molecule has 0 bridgehead atoms. The minimum Gasteiger partial charge on any atom is -0.434 e. The van der Waals surface area contributed by atoms with Crippen molar-refractivity contribution in [1.82, 2.24) is 5.32 Å². The summed E-state index contributed by atoms with van der Waals surface area (Å²) < 4.78 is 9.93. The molecule has 134 valence electrons. The van der Waals surface area contributed by atoms with Crippen LogP contribution in [0.4, 0.5) is 4.79 Å². The van der Waals surface area contributed by atoms with Crippen molar-refractivity contribution in [1.29, 1.82) is 0 Å². The molecule has 6 nitrogen and oxygen atoms in total. The zero-order chi connectivity index (χ0) is 18.8. The molecule has 0 atom stereocenters. The molecule has 0 spiro atoms. The van der Waals surface area contributed by atoms with E-state index in [2.05, 4.69) is 11.9 Å². The van der Waals surface area contributed by atoms with E-state index in [0.717, 1.165) is 0 Å². The Morgan fingerprint density at radius 3 is 2.27 bits per heavy atom. The van der Waals surface area contributed by atoms with Crippen LogP contribution in [0.5, 0.6) is 5.75 Å². The highest BCUT2D eigenvalue weighted by molar-refractivity contribution is 6.09. The van der Waals surface area contributed by atoms with Gasteiger partial charge in [-0.25, -0.2) is 4.79 Å². The molecule has 0 saturated carbocycles. The van der Waals surface area contributed by atoms with E-state index in [4.69, 9.17) is 9.47 Å². The normalized spacial score (nSPS) is 9.85. The maximum Gasteiger partial charge on any atom is 0.513 e. The molecular formula is C20H19NO5. The molecule has 0 aliphatic heterocycles. The summed E-state index contributed by atoms with van der Waals surface area (Å²) in [5.41, 5.74) is 1.08. The van der Waals surface area contributed by atoms with Crippen LogP contribution in [0.25, 0.3) is 0 Å². The average molecular weight is 353 g/mol. The number of ketones is 1. The van der Waals surface area contributed by atoms with Crippen LogP contribution in [0.2, 0.25) is 0 Å². The topological polar surface area (TPSA) is 81.7 Å². The summed E-state index contributed by atoms with van der Waals surface area (Å²) in [6, 6.07) is 15.1. The monoisotopic (exact) mass is 353 g/mol. The zero-order valence-corrected chi connectivity index (χ0v) is 14.1. The molecule has 2 rings (SSSR count). The van der Waals surface area contributed by atoms with Gasteiger partial charge in [0.05, 0.1) is 6.61 Å². The third-order valence-electron chi connectivity index (χ3n) is 3.38. The first kappa shape index (κ1) is 18.9. The summed E-state index contributed by atoms with van der Waals surface area (Å²) in [7, 11) is 0. The van der Waals surface area contributed by atoms with E-state index >= 15 is 0 Å². The van der Waals surface area contributed by atoms with Gasteiger partial charge in [0.2, 0.25) is 5.91 Å². The fraction of sp³-hybridized carbons (Fsp3) is 0.150. The number of amides is 1. The van der Waals surface area contributed by atoms with Gasteiger partial charge in [-0.2, -0.15) is 0 Å². The van der Waals surface area contributed by atoms with Crippen molar-refractivity contribution in [2.45, 2.75) is 6.42 Å². The largest absolute Gasteiger partial charge is 0.513 e. The maximum atomic E-state index is 12.3. The molecule has 0 aromatic heterocycles. The fourth-order valence-corrected chi connectivity index (χ4v) is 2.07. The van der Waals surface area contributed by atoms with Crippen molar-refractivity contribution >= 4 is 17.8 Å². The molecule has 0 saturated heterocycles. The summed E-state index contributed by atoms with van der Waals surface area (Å²) in [5, 5.41) is 2.56. The Labute approximate surface area is 151 Å². The van der Waals surface area contributed by atoms with Crippen LogP contribution >= 0.6 is 0 Å². The van der Waals surface area contributed by atoms with Crippen LogP contribution in [-0.2, 0) is 9.53 Å². The van der Waals surface area contributed by atoms with Crippen LogP contribution in [0, 0.1) is 0 Å². The Bertz CT molecular complexity index is 769. The Kier molecular flexibility index (Phi) is 7.12. The molecule has 0 unspecified atom stereocenters. The second kappa shape index (κ2) is 9.78. The number of benzene rings is 2. The van der Waals surface area contributed by atoms with Crippen LogP contribution < -0.4 is 10.1 Å². The van der Waals surface area contributed by atoms with E-state index < -0.39 is 6.16 Å². The van der Waals surface area contributed by atoms with Gasteiger partial charge >= 0.3 is 6.16 Å². The summed E-state index contributed by atoms with van der Waals surface area (Å²) in [6.45, 7) is 3.81. The van der Waals surface area contributed by atoms with Crippen molar-refractivity contribution in [3.8, 4) is 5.75 Å². The van der Waals surface area contributed by atoms with E-state index in [9.17, 15) is 14.4 Å². The molecule has 0 heterocycles. The van der Waals surface area contributed by atoms with E-state index in [0.29, 0.717) is 24.1 Å². The SMILES string of the molecule is C=CC(=O)NCCCOC(=O)Oc1ccc(C(=O)c2ccccc2)cc1. The number of carbonyl (C=O) groups excluding carboxylic acids is 3. The van der Waals surface area contributed by atoms with Gasteiger partial charge in [0.1, 0.15) is 5.75 Å². The second-order valence-corrected chi connectivity index (χ2v) is 5.27. The first-order valence-electron chi connectivity index (χ1n) is 8.05. The minimum atomic E-state index is -0.845. The Morgan fingerprint density at radius 1 is 0.962 bits per heavy atom. The Balaban J connectivity index is 1.78. The van der Waals surface area contributed by atoms with Gasteiger partial charge in [0.25, 0.3) is 0 Å². The number of nitrogens with one attached hydrogen (secondary N) is 1. The number of ether oxygens (including phenoxy) is 2. The molecule has 2 aromatic rings. The zero-order valence-electron chi connectivity index (χ0n) is 14.1. The number of hydrogen-bond acceptors (Lipinski definition) is 5. The lowest BCUT2D eigenvalue weighted by molar-refractivity contribution is -0.116. The summed E-state index contributed by atoms with van der Waals surface area (Å²) in [6.07, 6.45) is 0.780. The minimum absolute atomic E-state index is 0.110. The molecule has 1 N–H and O–H groups in total. The van der Waals surface area contributed by atoms with Gasteiger partial charge in [0.15, 0.2) is 5.78 Å². The lowest BCUT2D eigenvalue weighted by Gasteiger charge is -2.07. The molecule has 26 heavy (non-hydrogen) atoms. The van der Waals surface area contributed by atoms with Crippen molar-refractivity contribution in [2.24, 2.45) is 0 Å². The van der Waals surface area contributed by atoms with Gasteiger partial charge in [-0.1, -0.05) is 36.9 Å². The lowest BCUT2D eigenvalue weighted by Crippen LogP contribution is -2.23. The highest BCUT2D eigenvalue weighted by Crippen LogP contribution is 2.16. The number of carbonyl (C=O) groups is 3. The van der Waals surface area contributed by atoms with Crippen LogP contribution in [0.1, 0.15) is 22.3 Å². The van der Waals surface area contributed by atoms with E-state index in [1.54, 1.807) is 36.4 Å². The van der Waals surface area contributed by atoms with Crippen LogP contribution in [0.3, 0.4) is 0 Å². The van der Waals surface area contributed by atoms with Gasteiger partial charge in [-0.05, 0) is 36.8 Å². The summed E-state index contributed by atoms with van der Waals surface area (Å²) in [4.78, 5) is 34.8. The van der Waals surface area contributed by atoms with Crippen molar-refractivity contribution in [2.75, 3.05) is 13.2 Å². The van der Waals surface area contributed by atoms with Gasteiger partial charge in [0, 0.05) is 17.7 Å². The maximum absolute atomic E-state index is 12.3. The first-order valence-corrected chi connectivity index (χ1v) is 8.05. The smallest absolute Gasteiger partial charge is 0.434 e. The predicted molar refractivity (Wildman–Crippen MR) is 96.1 cm³/mol. The number of rotatable bonds is 8. The van der Waals surface area contributed by atoms with Crippen LogP contribution in [0.15, 0.2) is 67.3 Å². The molecule has 0 radical (unpaired) electrons. The molecule has 0 aliphatic carbocycles. The molecule has 0 aliphatic rings. The van der Waals surface area contributed by atoms with Gasteiger partial charge in [-0.3, -0.25) is 9.59 Å². The predicted octanol–water partition coefficient (Wildman–Crippen LogP) is 3.13. The van der Waals surface area contributed by atoms with E-state index in [-0.39, 0.29) is 24.0 Å². The van der Waals surface area contributed by atoms with Crippen molar-refractivity contribution in [3.05, 3.63) is 78.4 Å². The Morgan fingerprint density at radius 2 is 1.62 bits per heavy atom. The number of hydrogen-bond donors (Lipinski definition) is 1. The van der Waals surface area contributed by atoms with E-state index in [1.165, 1.54) is 18.2 Å². The lowest BCUT2D eigenvalue weighted by atomic mass is 10.0. The fourth-order valence-electron chi connectivity index (χ4n) is 2.07. The molecule has 6 heteroatoms. The van der Waals surface area contributed by atoms with Crippen molar-refractivity contribution < 1.29 is 23.9 Å². The molecule has 1 amide bonds. The van der Waals surface area contributed by atoms with E-state index in [1.807, 2.05) is 6.07 Å². The molecule has 2 aromatic carbocycles. The highest BCUT2D eigenvalue weighted by Gasteiger charge is 2.10. The highest BCUT2D eigenvalue weighted by atomic mass is 16.7. The summed E-state index contributed by atoms with van der Waals surface area (Å²) >= 11 is 0. The first-order chi connectivity index (χ1) is 12.6. The van der Waals surface area contributed by atoms with Gasteiger partial charge < -0.3 is 14.8 Å². The summed E-state index contributed by atoms with van der Waals surface area (Å²) in [5.74, 6) is -0.112. The third kappa shape index (κ3) is 5.90. The molecular weight excluding hydrogens is 334 g/mol. The standard InChI is InChI=1S/C20H19NO5/c1-2-18(22)21-13-6-14-25-20(24)26-17-11-9-16(10-12-17)19(23)15-7-4-3-5-8-15/h2-5,7-12H,1,6,13-14H2,(H,21,22). The Hall–Kier alpha value is -3.41. The molecule has 0 fully saturated rings. The van der Waals surface area contributed by atoms with Gasteiger partial charge in [-0.15, -0.1) is 0 Å².